The van der Waals surface area contributed by atoms with Crippen LogP contribution < -0.4 is 5.32 Å². The van der Waals surface area contributed by atoms with E-state index in [4.69, 9.17) is 0 Å². The first kappa shape index (κ1) is 18.1. The van der Waals surface area contributed by atoms with Gasteiger partial charge in [-0.15, -0.1) is 5.10 Å². The van der Waals surface area contributed by atoms with Gasteiger partial charge in [-0.25, -0.2) is 4.39 Å². The molecule has 26 heavy (non-hydrogen) atoms. The summed E-state index contributed by atoms with van der Waals surface area (Å²) in [5.74, 6) is -0.439. The van der Waals surface area contributed by atoms with Crippen molar-refractivity contribution in [3.8, 4) is 5.69 Å². The van der Waals surface area contributed by atoms with Crippen molar-refractivity contribution < 1.29 is 9.18 Å². The van der Waals surface area contributed by atoms with Gasteiger partial charge in [0.25, 0.3) is 0 Å². The topological polar surface area (TPSA) is 72.7 Å². The number of hydrogen-bond donors (Lipinski definition) is 1. The van der Waals surface area contributed by atoms with E-state index in [1.165, 1.54) is 23.9 Å². The van der Waals surface area contributed by atoms with Crippen molar-refractivity contribution in [2.24, 2.45) is 0 Å². The Labute approximate surface area is 154 Å². The number of rotatable bonds is 6. The number of carbonyl (C=O) groups is 1. The number of benzene rings is 2. The van der Waals surface area contributed by atoms with Gasteiger partial charge in [0.2, 0.25) is 11.1 Å². The predicted octanol–water partition coefficient (Wildman–Crippen LogP) is 2.91. The Morgan fingerprint density at radius 1 is 1.23 bits per heavy atom. The van der Waals surface area contributed by atoms with Gasteiger partial charge in [0, 0.05) is 6.54 Å². The van der Waals surface area contributed by atoms with Crippen LogP contribution >= 0.6 is 11.8 Å². The highest BCUT2D eigenvalue weighted by molar-refractivity contribution is 8.00. The summed E-state index contributed by atoms with van der Waals surface area (Å²) < 4.78 is 14.5. The SMILES string of the molecule is Cc1ccccc1-n1nnnc1S[C@H](C)C(=O)NCc1ccc(F)cc1. The third kappa shape index (κ3) is 4.26. The molecule has 0 fully saturated rings. The number of amides is 1. The zero-order valence-electron chi connectivity index (χ0n) is 14.4. The molecule has 2 aromatic carbocycles. The summed E-state index contributed by atoms with van der Waals surface area (Å²) in [6.07, 6.45) is 0. The Kier molecular flexibility index (Phi) is 5.62. The number of nitrogens with zero attached hydrogens (tertiary/aromatic N) is 4. The van der Waals surface area contributed by atoms with Crippen LogP contribution in [0.3, 0.4) is 0 Å². The highest BCUT2D eigenvalue weighted by Crippen LogP contribution is 2.24. The quantitative estimate of drug-likeness (QED) is 0.675. The molecule has 3 rings (SSSR count). The lowest BCUT2D eigenvalue weighted by Gasteiger charge is -2.12. The number of aryl methyl sites for hydroxylation is 1. The highest BCUT2D eigenvalue weighted by atomic mass is 32.2. The molecule has 134 valence electrons. The third-order valence-electron chi connectivity index (χ3n) is 3.82. The molecule has 0 aliphatic rings. The predicted molar refractivity (Wildman–Crippen MR) is 97.5 cm³/mol. The van der Waals surface area contributed by atoms with Crippen molar-refractivity contribution in [3.05, 3.63) is 65.5 Å². The van der Waals surface area contributed by atoms with Crippen LogP contribution in [-0.4, -0.2) is 31.4 Å². The van der Waals surface area contributed by atoms with Crippen molar-refractivity contribution in [2.45, 2.75) is 30.8 Å². The molecule has 3 aromatic rings. The third-order valence-corrected chi connectivity index (χ3v) is 4.85. The molecule has 0 radical (unpaired) electrons. The maximum atomic E-state index is 12.9. The van der Waals surface area contributed by atoms with Gasteiger partial charge < -0.3 is 5.32 Å². The molecular formula is C18H18FN5OS. The van der Waals surface area contributed by atoms with Gasteiger partial charge in [-0.2, -0.15) is 4.68 Å². The molecule has 0 bridgehead atoms. The second-order valence-corrected chi connectivity index (χ2v) is 7.07. The van der Waals surface area contributed by atoms with Crippen LogP contribution in [0.25, 0.3) is 5.69 Å². The fourth-order valence-corrected chi connectivity index (χ4v) is 3.18. The van der Waals surface area contributed by atoms with Crippen LogP contribution in [0, 0.1) is 12.7 Å². The smallest absolute Gasteiger partial charge is 0.233 e. The van der Waals surface area contributed by atoms with Crippen molar-refractivity contribution in [3.63, 3.8) is 0 Å². The maximum absolute atomic E-state index is 12.9. The normalized spacial score (nSPS) is 12.0. The fourth-order valence-electron chi connectivity index (χ4n) is 2.35. The van der Waals surface area contributed by atoms with Crippen LogP contribution in [-0.2, 0) is 11.3 Å². The summed E-state index contributed by atoms with van der Waals surface area (Å²) in [6.45, 7) is 4.11. The Hall–Kier alpha value is -2.74. The lowest BCUT2D eigenvalue weighted by Crippen LogP contribution is -2.30. The monoisotopic (exact) mass is 371 g/mol. The van der Waals surface area contributed by atoms with Crippen molar-refractivity contribution in [2.75, 3.05) is 0 Å². The van der Waals surface area contributed by atoms with E-state index in [-0.39, 0.29) is 17.0 Å². The molecule has 8 heteroatoms. The largest absolute Gasteiger partial charge is 0.351 e. The number of para-hydroxylation sites is 1. The molecule has 1 N–H and O–H groups in total. The van der Waals surface area contributed by atoms with Gasteiger partial charge in [0.05, 0.1) is 10.9 Å². The number of thioether (sulfide) groups is 1. The molecule has 0 aliphatic carbocycles. The van der Waals surface area contributed by atoms with E-state index in [9.17, 15) is 9.18 Å². The van der Waals surface area contributed by atoms with E-state index in [0.717, 1.165) is 16.8 Å². The summed E-state index contributed by atoms with van der Waals surface area (Å²) in [6, 6.07) is 13.8. The fraction of sp³-hybridized carbons (Fsp3) is 0.222. The molecule has 0 saturated heterocycles. The zero-order chi connectivity index (χ0) is 18.5. The van der Waals surface area contributed by atoms with Crippen molar-refractivity contribution >= 4 is 17.7 Å². The molecule has 1 aromatic heterocycles. The Morgan fingerprint density at radius 2 is 1.96 bits per heavy atom. The van der Waals surface area contributed by atoms with E-state index in [1.807, 2.05) is 31.2 Å². The van der Waals surface area contributed by atoms with Gasteiger partial charge in [0.1, 0.15) is 5.82 Å². The highest BCUT2D eigenvalue weighted by Gasteiger charge is 2.19. The van der Waals surface area contributed by atoms with Gasteiger partial charge in [-0.1, -0.05) is 42.1 Å². The molecule has 1 atom stereocenters. The number of nitrogens with one attached hydrogen (secondary N) is 1. The summed E-state index contributed by atoms with van der Waals surface area (Å²) >= 11 is 1.28. The standard InChI is InChI=1S/C18H18FN5OS/c1-12-5-3-4-6-16(12)24-18(21-22-23-24)26-13(2)17(25)20-11-14-7-9-15(19)10-8-14/h3-10,13H,11H2,1-2H3,(H,20,25)/t13-/m1/s1. The zero-order valence-corrected chi connectivity index (χ0v) is 15.2. The van der Waals surface area contributed by atoms with Crippen molar-refractivity contribution in [1.29, 1.82) is 0 Å². The van der Waals surface area contributed by atoms with E-state index in [0.29, 0.717) is 11.7 Å². The summed E-state index contributed by atoms with van der Waals surface area (Å²) in [7, 11) is 0. The second kappa shape index (κ2) is 8.09. The lowest BCUT2D eigenvalue weighted by molar-refractivity contribution is -0.120. The van der Waals surface area contributed by atoms with Crippen LogP contribution in [0.15, 0.2) is 53.7 Å². The van der Waals surface area contributed by atoms with Crippen LogP contribution in [0.5, 0.6) is 0 Å². The first-order valence-electron chi connectivity index (χ1n) is 8.08. The molecule has 1 heterocycles. The summed E-state index contributed by atoms with van der Waals surface area (Å²) in [5, 5.41) is 14.8. The first-order valence-corrected chi connectivity index (χ1v) is 8.96. The van der Waals surface area contributed by atoms with E-state index < -0.39 is 0 Å². The number of halogens is 1. The first-order chi connectivity index (χ1) is 12.5. The summed E-state index contributed by atoms with van der Waals surface area (Å²) in [4.78, 5) is 12.3. The second-order valence-electron chi connectivity index (χ2n) is 5.76. The molecule has 0 unspecified atom stereocenters. The van der Waals surface area contributed by atoms with Crippen LogP contribution in [0.2, 0.25) is 0 Å². The van der Waals surface area contributed by atoms with Gasteiger partial charge in [0.15, 0.2) is 0 Å². The molecule has 0 aliphatic heterocycles. The van der Waals surface area contributed by atoms with E-state index >= 15 is 0 Å². The average molecular weight is 371 g/mol. The van der Waals surface area contributed by atoms with Gasteiger partial charge in [-0.3, -0.25) is 4.79 Å². The van der Waals surface area contributed by atoms with Crippen LogP contribution in [0.1, 0.15) is 18.1 Å². The molecule has 0 saturated carbocycles. The number of aromatic nitrogens is 4. The number of hydrogen-bond acceptors (Lipinski definition) is 5. The number of carbonyl (C=O) groups excluding carboxylic acids is 1. The number of tetrazole rings is 1. The van der Waals surface area contributed by atoms with Gasteiger partial charge in [-0.05, 0) is 53.6 Å². The minimum atomic E-state index is -0.385. The Balaban J connectivity index is 1.64. The van der Waals surface area contributed by atoms with Crippen LogP contribution in [0.4, 0.5) is 4.39 Å². The molecule has 6 nitrogen and oxygen atoms in total. The Morgan fingerprint density at radius 3 is 2.69 bits per heavy atom. The molecule has 0 spiro atoms. The minimum absolute atomic E-state index is 0.140. The van der Waals surface area contributed by atoms with E-state index in [1.54, 1.807) is 23.7 Å². The summed E-state index contributed by atoms with van der Waals surface area (Å²) in [5.41, 5.74) is 2.75. The average Bonchev–Trinajstić information content (AvgIpc) is 3.09. The van der Waals surface area contributed by atoms with Gasteiger partial charge >= 0.3 is 0 Å². The van der Waals surface area contributed by atoms with E-state index in [2.05, 4.69) is 20.8 Å². The lowest BCUT2D eigenvalue weighted by atomic mass is 10.2. The Bertz CT molecular complexity index is 897. The maximum Gasteiger partial charge on any atom is 0.233 e. The molecular weight excluding hydrogens is 353 g/mol. The van der Waals surface area contributed by atoms with Crippen molar-refractivity contribution in [1.82, 2.24) is 25.5 Å². The molecule has 1 amide bonds. The minimum Gasteiger partial charge on any atom is -0.351 e.